The van der Waals surface area contributed by atoms with Crippen LogP contribution in [-0.4, -0.2) is 0 Å². The molecular formula is C28H48. The van der Waals surface area contributed by atoms with Crippen LogP contribution in [0.3, 0.4) is 0 Å². The van der Waals surface area contributed by atoms with E-state index in [4.69, 9.17) is 0 Å². The Hall–Kier alpha value is -0.520. The van der Waals surface area contributed by atoms with Gasteiger partial charge in [-0.15, -0.1) is 0 Å². The molecule has 0 heteroatoms. The summed E-state index contributed by atoms with van der Waals surface area (Å²) in [7, 11) is 0. The van der Waals surface area contributed by atoms with Crippen LogP contribution >= 0.6 is 0 Å². The van der Waals surface area contributed by atoms with E-state index in [1.165, 1.54) is 77.0 Å². The average molecular weight is 385 g/mol. The van der Waals surface area contributed by atoms with Crippen LogP contribution < -0.4 is 0 Å². The molecule has 0 aromatic rings. The van der Waals surface area contributed by atoms with Gasteiger partial charge in [0.1, 0.15) is 0 Å². The van der Waals surface area contributed by atoms with Gasteiger partial charge in [0.15, 0.2) is 0 Å². The molecule has 0 N–H and O–H groups in total. The van der Waals surface area contributed by atoms with Crippen molar-refractivity contribution in [3.05, 3.63) is 24.3 Å². The third kappa shape index (κ3) is 7.07. The molecule has 0 aromatic heterocycles. The van der Waals surface area contributed by atoms with Gasteiger partial charge < -0.3 is 0 Å². The predicted octanol–water partition coefficient (Wildman–Crippen LogP) is 9.12. The van der Waals surface area contributed by atoms with E-state index in [1.807, 2.05) is 0 Å². The van der Waals surface area contributed by atoms with Gasteiger partial charge in [0, 0.05) is 0 Å². The van der Waals surface area contributed by atoms with Gasteiger partial charge in [0.25, 0.3) is 0 Å². The first-order valence-corrected chi connectivity index (χ1v) is 13.1. The number of rotatable bonds is 8. The molecule has 0 radical (unpaired) electrons. The maximum absolute atomic E-state index is 2.64. The second-order valence-electron chi connectivity index (χ2n) is 10.5. The maximum Gasteiger partial charge on any atom is -0.0233 e. The summed E-state index contributed by atoms with van der Waals surface area (Å²) >= 11 is 0. The second kappa shape index (κ2) is 12.2. The standard InChI is InChI=1S/C28H48/c1-3-5-6-8-24-15-19-27(20-16-24)28-21-17-26(18-22-28)14-13-25-11-9-23(7-4-2)10-12-25/h4,7,13-14,23-28H,3,5-6,8-12,15-22H2,1-2H3/b7-4+,14-13+. The topological polar surface area (TPSA) is 0 Å². The molecule has 3 fully saturated rings. The summed E-state index contributed by atoms with van der Waals surface area (Å²) in [5, 5.41) is 0. The fourth-order valence-corrected chi connectivity index (χ4v) is 6.56. The van der Waals surface area contributed by atoms with Crippen molar-refractivity contribution in [2.24, 2.45) is 35.5 Å². The number of hydrogen-bond donors (Lipinski definition) is 0. The SMILES string of the molecule is C/C=C/C1CCC(/C=C/C2CCC(C3CCC(CCCCC)CC3)CC2)CC1. The molecule has 0 spiro atoms. The highest BCUT2D eigenvalue weighted by Gasteiger charge is 2.30. The minimum absolute atomic E-state index is 0.867. The Labute approximate surface area is 176 Å². The minimum Gasteiger partial charge on any atom is -0.0914 e. The Morgan fingerprint density at radius 1 is 0.571 bits per heavy atom. The Bertz CT molecular complexity index is 448. The lowest BCUT2D eigenvalue weighted by molar-refractivity contribution is 0.151. The molecule has 0 saturated heterocycles. The molecular weight excluding hydrogens is 336 g/mol. The molecule has 3 aliphatic carbocycles. The molecule has 160 valence electrons. The Morgan fingerprint density at radius 3 is 1.54 bits per heavy atom. The van der Waals surface area contributed by atoms with E-state index in [1.54, 1.807) is 25.7 Å². The smallest absolute Gasteiger partial charge is 0.0233 e. The molecule has 0 bridgehead atoms. The summed E-state index contributed by atoms with van der Waals surface area (Å²) in [4.78, 5) is 0. The maximum atomic E-state index is 2.64. The van der Waals surface area contributed by atoms with Crippen molar-refractivity contribution in [3.8, 4) is 0 Å². The summed E-state index contributed by atoms with van der Waals surface area (Å²) in [6.07, 6.45) is 33.6. The first-order valence-electron chi connectivity index (χ1n) is 13.1. The van der Waals surface area contributed by atoms with Crippen LogP contribution in [-0.2, 0) is 0 Å². The largest absolute Gasteiger partial charge is 0.0914 e. The fraction of sp³-hybridized carbons (Fsp3) is 0.857. The van der Waals surface area contributed by atoms with Crippen molar-refractivity contribution >= 4 is 0 Å². The third-order valence-corrected chi connectivity index (χ3v) is 8.53. The van der Waals surface area contributed by atoms with Crippen LogP contribution in [0.1, 0.15) is 117 Å². The summed E-state index contributed by atoms with van der Waals surface area (Å²) < 4.78 is 0. The van der Waals surface area contributed by atoms with Gasteiger partial charge in [-0.3, -0.25) is 0 Å². The molecule has 0 amide bonds. The number of allylic oxidation sites excluding steroid dienone is 4. The van der Waals surface area contributed by atoms with E-state index in [-0.39, 0.29) is 0 Å². The normalized spacial score (nSPS) is 37.6. The van der Waals surface area contributed by atoms with Crippen LogP contribution in [0.5, 0.6) is 0 Å². The van der Waals surface area contributed by atoms with E-state index in [2.05, 4.69) is 38.2 Å². The van der Waals surface area contributed by atoms with E-state index in [0.29, 0.717) is 0 Å². The quantitative estimate of drug-likeness (QED) is 0.289. The molecule has 3 rings (SSSR count). The van der Waals surface area contributed by atoms with Crippen LogP contribution in [0.15, 0.2) is 24.3 Å². The van der Waals surface area contributed by atoms with Crippen molar-refractivity contribution in [1.82, 2.24) is 0 Å². The molecule has 0 heterocycles. The van der Waals surface area contributed by atoms with E-state index in [0.717, 1.165) is 35.5 Å². The van der Waals surface area contributed by atoms with Crippen LogP contribution in [0.2, 0.25) is 0 Å². The minimum atomic E-state index is 0.867. The van der Waals surface area contributed by atoms with Gasteiger partial charge >= 0.3 is 0 Å². The summed E-state index contributed by atoms with van der Waals surface area (Å²) in [6, 6.07) is 0. The zero-order valence-corrected chi connectivity index (χ0v) is 19.1. The number of hydrogen-bond acceptors (Lipinski definition) is 0. The molecule has 0 unspecified atom stereocenters. The lowest BCUT2D eigenvalue weighted by atomic mass is 9.68. The lowest BCUT2D eigenvalue weighted by Gasteiger charge is -2.37. The van der Waals surface area contributed by atoms with Crippen molar-refractivity contribution < 1.29 is 0 Å². The van der Waals surface area contributed by atoms with Gasteiger partial charge in [0.2, 0.25) is 0 Å². The monoisotopic (exact) mass is 384 g/mol. The molecule has 3 saturated carbocycles. The molecule has 3 aliphatic rings. The van der Waals surface area contributed by atoms with E-state index < -0.39 is 0 Å². The van der Waals surface area contributed by atoms with Crippen molar-refractivity contribution in [2.75, 3.05) is 0 Å². The van der Waals surface area contributed by atoms with Crippen LogP contribution in [0, 0.1) is 35.5 Å². The van der Waals surface area contributed by atoms with Gasteiger partial charge in [-0.2, -0.15) is 0 Å². The first kappa shape index (κ1) is 22.2. The molecule has 0 nitrogen and oxygen atoms in total. The predicted molar refractivity (Wildman–Crippen MR) is 124 cm³/mol. The van der Waals surface area contributed by atoms with E-state index >= 15 is 0 Å². The third-order valence-electron chi connectivity index (χ3n) is 8.53. The van der Waals surface area contributed by atoms with E-state index in [9.17, 15) is 0 Å². The Kier molecular flexibility index (Phi) is 9.69. The summed E-state index contributed by atoms with van der Waals surface area (Å²) in [5.74, 6) is 5.86. The molecule has 0 atom stereocenters. The molecule has 28 heavy (non-hydrogen) atoms. The Morgan fingerprint density at radius 2 is 1.04 bits per heavy atom. The van der Waals surface area contributed by atoms with Crippen LogP contribution in [0.4, 0.5) is 0 Å². The number of unbranched alkanes of at least 4 members (excludes halogenated alkanes) is 2. The molecule has 0 aromatic carbocycles. The van der Waals surface area contributed by atoms with Gasteiger partial charge in [-0.05, 0) is 107 Å². The van der Waals surface area contributed by atoms with Crippen molar-refractivity contribution in [2.45, 2.75) is 117 Å². The molecule has 0 aliphatic heterocycles. The van der Waals surface area contributed by atoms with Gasteiger partial charge in [-0.1, -0.05) is 69.8 Å². The highest BCUT2D eigenvalue weighted by Crippen LogP contribution is 2.42. The van der Waals surface area contributed by atoms with Gasteiger partial charge in [0.05, 0.1) is 0 Å². The summed E-state index contributed by atoms with van der Waals surface area (Å²) in [5.41, 5.74) is 0. The highest BCUT2D eigenvalue weighted by molar-refractivity contribution is 4.98. The fourth-order valence-electron chi connectivity index (χ4n) is 6.56. The van der Waals surface area contributed by atoms with Crippen LogP contribution in [0.25, 0.3) is 0 Å². The zero-order chi connectivity index (χ0) is 19.6. The summed E-state index contributed by atoms with van der Waals surface area (Å²) in [6.45, 7) is 4.50. The first-order chi connectivity index (χ1) is 13.8. The Balaban J connectivity index is 1.31. The highest BCUT2D eigenvalue weighted by atomic mass is 14.4. The average Bonchev–Trinajstić information content (AvgIpc) is 2.75. The van der Waals surface area contributed by atoms with Crippen molar-refractivity contribution in [3.63, 3.8) is 0 Å². The van der Waals surface area contributed by atoms with Crippen molar-refractivity contribution in [1.29, 1.82) is 0 Å². The zero-order valence-electron chi connectivity index (χ0n) is 19.1. The van der Waals surface area contributed by atoms with Gasteiger partial charge in [-0.25, -0.2) is 0 Å². The lowest BCUT2D eigenvalue weighted by Crippen LogP contribution is -2.25. The second-order valence-corrected chi connectivity index (χ2v) is 10.5.